The Morgan fingerprint density at radius 1 is 0.839 bits per heavy atom. The molecule has 0 radical (unpaired) electrons. The van der Waals surface area contributed by atoms with Gasteiger partial charge in [0.05, 0.1) is 6.10 Å². The third-order valence-electron chi connectivity index (χ3n) is 12.1. The summed E-state index contributed by atoms with van der Waals surface area (Å²) in [5.41, 5.74) is 8.17. The van der Waals surface area contributed by atoms with Crippen LogP contribution in [-0.2, 0) is 16.6 Å². The minimum absolute atomic E-state index is 0.329. The fourth-order valence-corrected chi connectivity index (χ4v) is 10.6. The van der Waals surface area contributed by atoms with Crippen LogP contribution in [0.2, 0.25) is 0 Å². The van der Waals surface area contributed by atoms with Crippen molar-refractivity contribution < 1.29 is 4.74 Å². The number of hydrogen-bond acceptors (Lipinski definition) is 1. The Labute approximate surface area is 191 Å². The molecule has 8 atom stereocenters. The average Bonchev–Trinajstić information content (AvgIpc) is 3.06. The molecule has 0 bridgehead atoms. The zero-order valence-corrected chi connectivity index (χ0v) is 21.5. The van der Waals surface area contributed by atoms with E-state index in [1.165, 1.54) is 56.9 Å². The Morgan fingerprint density at radius 3 is 2.13 bits per heavy atom. The second-order valence-electron chi connectivity index (χ2n) is 13.0. The number of hydrogen-bond donors (Lipinski definition) is 0. The SMILES string of the molecule is CC[C@]1(C)C(OC)CC[C@@]2(C)C1CC[C@]1(C)C2CC[C@]2(C)c3c(C)ccc(C)c3CC12. The van der Waals surface area contributed by atoms with E-state index in [-0.39, 0.29) is 0 Å². The van der Waals surface area contributed by atoms with Crippen LogP contribution >= 0.6 is 0 Å². The predicted molar refractivity (Wildman–Crippen MR) is 131 cm³/mol. The molecule has 172 valence electrons. The fourth-order valence-electron chi connectivity index (χ4n) is 10.6. The number of aryl methyl sites for hydroxylation is 2. The van der Waals surface area contributed by atoms with Gasteiger partial charge >= 0.3 is 0 Å². The molecule has 3 saturated carbocycles. The van der Waals surface area contributed by atoms with E-state index in [2.05, 4.69) is 60.6 Å². The summed E-state index contributed by atoms with van der Waals surface area (Å²) in [6.45, 7) is 17.8. The van der Waals surface area contributed by atoms with E-state index in [1.807, 2.05) is 7.11 Å². The minimum atomic E-state index is 0.329. The van der Waals surface area contributed by atoms with E-state index in [0.29, 0.717) is 27.8 Å². The first kappa shape index (κ1) is 22.0. The second-order valence-corrected chi connectivity index (χ2v) is 13.0. The number of rotatable bonds is 2. The standard InChI is InChI=1S/C30H46O/c1-9-27(4)22-12-15-29(6)23(28(22,5)17-14-25(27)31-8)13-16-30(7)24(29)18-21-19(2)10-11-20(3)26(21)30/h10-11,22-25H,9,12-18H2,1-8H3/t22?,23?,24?,25?,27-,28-,29+,30-/m0/s1. The first-order valence-electron chi connectivity index (χ1n) is 13.2. The summed E-state index contributed by atoms with van der Waals surface area (Å²) in [5.74, 6) is 2.47. The van der Waals surface area contributed by atoms with Gasteiger partial charge in [0.1, 0.15) is 0 Å². The summed E-state index contributed by atoms with van der Waals surface area (Å²) >= 11 is 0. The van der Waals surface area contributed by atoms with E-state index in [0.717, 1.165) is 17.8 Å². The lowest BCUT2D eigenvalue weighted by atomic mass is 9.36. The maximum absolute atomic E-state index is 6.11. The van der Waals surface area contributed by atoms with Gasteiger partial charge in [-0.15, -0.1) is 0 Å². The Hall–Kier alpha value is -0.820. The Balaban J connectivity index is 1.57. The van der Waals surface area contributed by atoms with E-state index >= 15 is 0 Å². The predicted octanol–water partition coefficient (Wildman–Crippen LogP) is 7.79. The van der Waals surface area contributed by atoms with Crippen molar-refractivity contribution >= 4 is 0 Å². The maximum Gasteiger partial charge on any atom is 0.0627 e. The first-order chi connectivity index (χ1) is 14.6. The van der Waals surface area contributed by atoms with Gasteiger partial charge in [-0.3, -0.25) is 0 Å². The summed E-state index contributed by atoms with van der Waals surface area (Å²) in [4.78, 5) is 0. The molecule has 4 aliphatic rings. The molecule has 31 heavy (non-hydrogen) atoms. The molecule has 1 aromatic rings. The van der Waals surface area contributed by atoms with E-state index in [4.69, 9.17) is 4.74 Å². The fraction of sp³-hybridized carbons (Fsp3) is 0.800. The molecule has 0 amide bonds. The molecule has 0 saturated heterocycles. The summed E-state index contributed by atoms with van der Waals surface area (Å²) in [6.07, 6.45) is 11.2. The second kappa shape index (κ2) is 6.85. The highest BCUT2D eigenvalue weighted by molar-refractivity contribution is 5.50. The topological polar surface area (TPSA) is 9.23 Å². The summed E-state index contributed by atoms with van der Waals surface area (Å²) in [5, 5.41) is 0. The quantitative estimate of drug-likeness (QED) is 0.472. The molecule has 1 heteroatoms. The number of benzene rings is 1. The van der Waals surface area contributed by atoms with Crippen LogP contribution in [0.1, 0.15) is 102 Å². The molecule has 1 aromatic carbocycles. The average molecular weight is 423 g/mol. The lowest BCUT2D eigenvalue weighted by molar-refractivity contribution is -0.211. The highest BCUT2D eigenvalue weighted by Crippen LogP contribution is 2.73. The van der Waals surface area contributed by atoms with E-state index in [9.17, 15) is 0 Å². The van der Waals surface area contributed by atoms with Crippen LogP contribution in [0.15, 0.2) is 12.1 Å². The highest BCUT2D eigenvalue weighted by atomic mass is 16.5. The zero-order chi connectivity index (χ0) is 22.4. The maximum atomic E-state index is 6.11. The molecule has 0 spiro atoms. The number of fused-ring (bicyclic) bond motifs is 7. The third-order valence-corrected chi connectivity index (χ3v) is 12.1. The van der Waals surface area contributed by atoms with Gasteiger partial charge in [-0.05, 0) is 127 Å². The number of methoxy groups -OCH3 is 1. The third kappa shape index (κ3) is 2.59. The summed E-state index contributed by atoms with van der Waals surface area (Å²) in [6, 6.07) is 4.78. The highest BCUT2D eigenvalue weighted by Gasteiger charge is 2.67. The van der Waals surface area contributed by atoms with E-state index in [1.54, 1.807) is 16.7 Å². The van der Waals surface area contributed by atoms with Crippen molar-refractivity contribution in [3.63, 3.8) is 0 Å². The molecule has 1 nitrogen and oxygen atoms in total. The molecule has 0 heterocycles. The smallest absolute Gasteiger partial charge is 0.0627 e. The van der Waals surface area contributed by atoms with Crippen molar-refractivity contribution in [2.45, 2.75) is 111 Å². The van der Waals surface area contributed by atoms with Crippen LogP contribution in [0.4, 0.5) is 0 Å². The summed E-state index contributed by atoms with van der Waals surface area (Å²) in [7, 11) is 1.96. The summed E-state index contributed by atoms with van der Waals surface area (Å²) < 4.78 is 6.11. The molecule has 0 N–H and O–H groups in total. The van der Waals surface area contributed by atoms with Gasteiger partial charge < -0.3 is 4.74 Å². The van der Waals surface area contributed by atoms with Crippen LogP contribution in [0, 0.1) is 47.8 Å². The zero-order valence-electron chi connectivity index (χ0n) is 21.5. The van der Waals surface area contributed by atoms with Gasteiger partial charge in [0.25, 0.3) is 0 Å². The number of ether oxygens (including phenoxy) is 1. The minimum Gasteiger partial charge on any atom is -0.381 e. The van der Waals surface area contributed by atoms with Gasteiger partial charge in [-0.1, -0.05) is 46.8 Å². The van der Waals surface area contributed by atoms with Gasteiger partial charge in [-0.25, -0.2) is 0 Å². The van der Waals surface area contributed by atoms with Crippen molar-refractivity contribution in [1.29, 1.82) is 0 Å². The molecule has 0 aliphatic heterocycles. The van der Waals surface area contributed by atoms with Gasteiger partial charge in [0.15, 0.2) is 0 Å². The van der Waals surface area contributed by atoms with Crippen molar-refractivity contribution in [3.8, 4) is 0 Å². The van der Waals surface area contributed by atoms with Crippen molar-refractivity contribution in [3.05, 3.63) is 34.4 Å². The van der Waals surface area contributed by atoms with E-state index < -0.39 is 0 Å². The molecular formula is C30H46O. The van der Waals surface area contributed by atoms with Crippen molar-refractivity contribution in [1.82, 2.24) is 0 Å². The molecule has 4 aliphatic carbocycles. The largest absolute Gasteiger partial charge is 0.381 e. The van der Waals surface area contributed by atoms with Crippen LogP contribution in [0.25, 0.3) is 0 Å². The van der Waals surface area contributed by atoms with Crippen molar-refractivity contribution in [2.75, 3.05) is 7.11 Å². The molecule has 4 unspecified atom stereocenters. The van der Waals surface area contributed by atoms with Gasteiger partial charge in [0.2, 0.25) is 0 Å². The van der Waals surface area contributed by atoms with Crippen molar-refractivity contribution in [2.24, 2.45) is 34.0 Å². The lowest BCUT2D eigenvalue weighted by Gasteiger charge is -2.69. The van der Waals surface area contributed by atoms with Crippen LogP contribution in [0.3, 0.4) is 0 Å². The normalized spacial score (nSPS) is 48.5. The van der Waals surface area contributed by atoms with Crippen LogP contribution in [0.5, 0.6) is 0 Å². The Morgan fingerprint density at radius 2 is 1.45 bits per heavy atom. The Kier molecular flexibility index (Phi) is 4.86. The van der Waals surface area contributed by atoms with Gasteiger partial charge in [-0.2, -0.15) is 0 Å². The molecular weight excluding hydrogens is 376 g/mol. The van der Waals surface area contributed by atoms with Crippen LogP contribution < -0.4 is 0 Å². The molecule has 3 fully saturated rings. The molecule has 0 aromatic heterocycles. The van der Waals surface area contributed by atoms with Gasteiger partial charge in [0, 0.05) is 7.11 Å². The Bertz CT molecular complexity index is 887. The van der Waals surface area contributed by atoms with Crippen LogP contribution in [-0.4, -0.2) is 13.2 Å². The monoisotopic (exact) mass is 422 g/mol. The molecule has 5 rings (SSSR count). The first-order valence-corrected chi connectivity index (χ1v) is 13.2. The lowest BCUT2D eigenvalue weighted by Crippen LogP contribution is -2.63.